The number of nitrogens with two attached hydrogens (primary N) is 1. The van der Waals surface area contributed by atoms with Gasteiger partial charge < -0.3 is 4.74 Å². The molecule has 20 heavy (non-hydrogen) atoms. The highest BCUT2D eigenvalue weighted by Gasteiger charge is 2.29. The highest BCUT2D eigenvalue weighted by Crippen LogP contribution is 2.34. The number of thioether (sulfide) groups is 2. The highest BCUT2D eigenvalue weighted by atomic mass is 32.2. The lowest BCUT2D eigenvalue weighted by atomic mass is 9.93. The molecule has 0 amide bonds. The number of hydrogen-bond acceptors (Lipinski definition) is 5. The van der Waals surface area contributed by atoms with Gasteiger partial charge in [0.1, 0.15) is 0 Å². The van der Waals surface area contributed by atoms with Gasteiger partial charge in [0.05, 0.1) is 12.7 Å². The molecule has 5 heteroatoms. The largest absolute Gasteiger partial charge is 0.373 e. The summed E-state index contributed by atoms with van der Waals surface area (Å²) in [4.78, 5) is 0. The zero-order valence-electron chi connectivity index (χ0n) is 11.6. The Hall–Kier alpha value is -0.200. The Kier molecular flexibility index (Phi) is 5.29. The summed E-state index contributed by atoms with van der Waals surface area (Å²) in [6.45, 7) is 0.825. The second kappa shape index (κ2) is 7.18. The van der Waals surface area contributed by atoms with Crippen LogP contribution in [0.1, 0.15) is 23.7 Å². The van der Waals surface area contributed by atoms with Crippen molar-refractivity contribution in [2.45, 2.75) is 30.2 Å². The molecule has 1 saturated heterocycles. The first-order chi connectivity index (χ1) is 9.88. The predicted molar refractivity (Wildman–Crippen MR) is 88.1 cm³/mol. The molecule has 3 atom stereocenters. The van der Waals surface area contributed by atoms with Crippen molar-refractivity contribution in [3.05, 3.63) is 35.4 Å². The van der Waals surface area contributed by atoms with E-state index in [9.17, 15) is 0 Å². The van der Waals surface area contributed by atoms with Crippen LogP contribution in [0.5, 0.6) is 0 Å². The fourth-order valence-corrected chi connectivity index (χ4v) is 5.85. The van der Waals surface area contributed by atoms with Crippen LogP contribution >= 0.6 is 23.5 Å². The summed E-state index contributed by atoms with van der Waals surface area (Å²) in [5.41, 5.74) is 5.83. The van der Waals surface area contributed by atoms with Crippen molar-refractivity contribution in [3.63, 3.8) is 0 Å². The number of rotatable bonds is 4. The molecule has 0 aliphatic carbocycles. The lowest BCUT2D eigenvalue weighted by Crippen LogP contribution is -2.46. The van der Waals surface area contributed by atoms with Crippen LogP contribution < -0.4 is 11.3 Å². The second-order valence-electron chi connectivity index (χ2n) is 5.30. The molecule has 0 radical (unpaired) electrons. The average molecular weight is 310 g/mol. The maximum absolute atomic E-state index is 6.02. The van der Waals surface area contributed by atoms with Gasteiger partial charge in [0.25, 0.3) is 0 Å². The Bertz CT molecular complexity index is 438. The molecule has 1 fully saturated rings. The Morgan fingerprint density at radius 1 is 1.35 bits per heavy atom. The van der Waals surface area contributed by atoms with Crippen LogP contribution in [0.15, 0.2) is 24.3 Å². The standard InChI is InChI=1S/C15H22N2OS2/c16-17-13(15-10-19-7-8-20-15)9-14-12-4-2-1-3-11(12)5-6-18-14/h1-4,13-15,17H,5-10,16H2. The summed E-state index contributed by atoms with van der Waals surface area (Å²) in [5, 5.41) is 0.594. The van der Waals surface area contributed by atoms with Gasteiger partial charge in [-0.2, -0.15) is 23.5 Å². The number of ether oxygens (including phenoxy) is 1. The van der Waals surface area contributed by atoms with Gasteiger partial charge >= 0.3 is 0 Å². The highest BCUT2D eigenvalue weighted by molar-refractivity contribution is 8.06. The topological polar surface area (TPSA) is 47.3 Å². The van der Waals surface area contributed by atoms with Gasteiger partial charge in [0, 0.05) is 28.6 Å². The van der Waals surface area contributed by atoms with Gasteiger partial charge in [0.2, 0.25) is 0 Å². The van der Waals surface area contributed by atoms with E-state index < -0.39 is 0 Å². The molecule has 3 unspecified atom stereocenters. The van der Waals surface area contributed by atoms with Crippen molar-refractivity contribution in [2.24, 2.45) is 5.84 Å². The van der Waals surface area contributed by atoms with E-state index in [1.165, 1.54) is 28.4 Å². The molecular formula is C15H22N2OS2. The Balaban J connectivity index is 1.70. The third-order valence-electron chi connectivity index (χ3n) is 4.06. The summed E-state index contributed by atoms with van der Waals surface area (Å²) >= 11 is 4.08. The molecule has 1 aromatic rings. The minimum atomic E-state index is 0.188. The van der Waals surface area contributed by atoms with E-state index in [2.05, 4.69) is 29.7 Å². The van der Waals surface area contributed by atoms with E-state index in [-0.39, 0.29) is 6.10 Å². The molecule has 2 heterocycles. The molecule has 0 saturated carbocycles. The molecule has 2 aliphatic rings. The third-order valence-corrected chi connectivity index (χ3v) is 6.99. The summed E-state index contributed by atoms with van der Waals surface area (Å²) in [7, 11) is 0. The van der Waals surface area contributed by atoms with Crippen LogP contribution in [0.25, 0.3) is 0 Å². The Morgan fingerprint density at radius 3 is 3.05 bits per heavy atom. The minimum Gasteiger partial charge on any atom is -0.373 e. The van der Waals surface area contributed by atoms with Gasteiger partial charge in [0.15, 0.2) is 0 Å². The van der Waals surface area contributed by atoms with E-state index in [1.807, 2.05) is 23.5 Å². The second-order valence-corrected chi connectivity index (χ2v) is 7.80. The molecule has 3 rings (SSSR count). The summed E-state index contributed by atoms with van der Waals surface area (Å²) in [6, 6.07) is 8.98. The minimum absolute atomic E-state index is 0.188. The third kappa shape index (κ3) is 3.34. The molecule has 0 aromatic heterocycles. The van der Waals surface area contributed by atoms with Crippen LogP contribution in [0, 0.1) is 0 Å². The van der Waals surface area contributed by atoms with Crippen LogP contribution in [-0.2, 0) is 11.2 Å². The van der Waals surface area contributed by atoms with E-state index in [0.29, 0.717) is 11.3 Å². The van der Waals surface area contributed by atoms with Gasteiger partial charge in [-0.15, -0.1) is 0 Å². The number of benzene rings is 1. The van der Waals surface area contributed by atoms with Crippen LogP contribution in [-0.4, -0.2) is 35.2 Å². The monoisotopic (exact) mass is 310 g/mol. The van der Waals surface area contributed by atoms with Crippen molar-refractivity contribution in [2.75, 3.05) is 23.9 Å². The van der Waals surface area contributed by atoms with E-state index in [1.54, 1.807) is 0 Å². The molecular weight excluding hydrogens is 288 g/mol. The maximum atomic E-state index is 6.02. The average Bonchev–Trinajstić information content (AvgIpc) is 2.53. The lowest BCUT2D eigenvalue weighted by Gasteiger charge is -2.33. The molecule has 3 nitrogen and oxygen atoms in total. The van der Waals surface area contributed by atoms with E-state index >= 15 is 0 Å². The SMILES string of the molecule is NNC(CC1OCCc2ccccc21)C1CSCCS1. The quantitative estimate of drug-likeness (QED) is 0.660. The smallest absolute Gasteiger partial charge is 0.0843 e. The number of hydrogen-bond donors (Lipinski definition) is 2. The van der Waals surface area contributed by atoms with E-state index in [0.717, 1.165) is 19.4 Å². The van der Waals surface area contributed by atoms with E-state index in [4.69, 9.17) is 10.6 Å². The summed E-state index contributed by atoms with van der Waals surface area (Å²) < 4.78 is 6.02. The molecule has 1 aromatic carbocycles. The first kappa shape index (κ1) is 14.7. The van der Waals surface area contributed by atoms with Gasteiger partial charge in [-0.05, 0) is 24.0 Å². The molecule has 110 valence electrons. The Labute approximate surface area is 129 Å². The fourth-order valence-electron chi connectivity index (χ4n) is 2.97. The molecule has 2 aliphatic heterocycles. The van der Waals surface area contributed by atoms with Gasteiger partial charge in [-0.1, -0.05) is 24.3 Å². The van der Waals surface area contributed by atoms with Gasteiger partial charge in [-0.25, -0.2) is 0 Å². The molecule has 0 bridgehead atoms. The number of fused-ring (bicyclic) bond motifs is 1. The molecule has 0 spiro atoms. The van der Waals surface area contributed by atoms with Crippen molar-refractivity contribution >= 4 is 23.5 Å². The zero-order chi connectivity index (χ0) is 13.8. The number of nitrogens with one attached hydrogen (secondary N) is 1. The van der Waals surface area contributed by atoms with Crippen LogP contribution in [0.3, 0.4) is 0 Å². The zero-order valence-corrected chi connectivity index (χ0v) is 13.2. The van der Waals surface area contributed by atoms with Crippen molar-refractivity contribution in [3.8, 4) is 0 Å². The normalized spacial score (nSPS) is 27.9. The lowest BCUT2D eigenvalue weighted by molar-refractivity contribution is 0.0296. The van der Waals surface area contributed by atoms with Crippen LogP contribution in [0.4, 0.5) is 0 Å². The first-order valence-corrected chi connectivity index (χ1v) is 9.43. The summed E-state index contributed by atoms with van der Waals surface area (Å²) in [6.07, 6.45) is 2.18. The predicted octanol–water partition coefficient (Wildman–Crippen LogP) is 2.37. The first-order valence-electron chi connectivity index (χ1n) is 7.23. The number of hydrazine groups is 1. The van der Waals surface area contributed by atoms with Crippen LogP contribution in [0.2, 0.25) is 0 Å². The van der Waals surface area contributed by atoms with Gasteiger partial charge in [-0.3, -0.25) is 11.3 Å². The maximum Gasteiger partial charge on any atom is 0.0843 e. The Morgan fingerprint density at radius 2 is 2.25 bits per heavy atom. The fraction of sp³-hybridized carbons (Fsp3) is 0.600. The van der Waals surface area contributed by atoms with Crippen molar-refractivity contribution < 1.29 is 4.74 Å². The molecule has 3 N–H and O–H groups in total. The van der Waals surface area contributed by atoms with Crippen molar-refractivity contribution in [1.82, 2.24) is 5.43 Å². The van der Waals surface area contributed by atoms with Crippen molar-refractivity contribution in [1.29, 1.82) is 0 Å². The summed E-state index contributed by atoms with van der Waals surface area (Å²) in [5.74, 6) is 9.50.